The first-order chi connectivity index (χ1) is 11.1. The van der Waals surface area contributed by atoms with Crippen molar-refractivity contribution in [3.8, 4) is 5.75 Å². The van der Waals surface area contributed by atoms with Crippen LogP contribution in [0.1, 0.15) is 21.5 Å². The van der Waals surface area contributed by atoms with E-state index in [-0.39, 0.29) is 5.91 Å². The lowest BCUT2D eigenvalue weighted by Gasteiger charge is -2.25. The summed E-state index contributed by atoms with van der Waals surface area (Å²) in [5.41, 5.74) is 3.82. The predicted octanol–water partition coefficient (Wildman–Crippen LogP) is 3.59. The zero-order chi connectivity index (χ0) is 16.4. The molecule has 2 aromatic rings. The van der Waals surface area contributed by atoms with E-state index in [1.807, 2.05) is 12.1 Å². The van der Waals surface area contributed by atoms with Crippen molar-refractivity contribution in [3.05, 3.63) is 58.1 Å². The first-order valence-corrected chi connectivity index (χ1v) is 7.90. The fraction of sp³-hybridized carbons (Fsp3) is 0.278. The second-order valence-electron chi connectivity index (χ2n) is 5.77. The van der Waals surface area contributed by atoms with E-state index < -0.39 is 0 Å². The minimum atomic E-state index is -0.228. The average Bonchev–Trinajstić information content (AvgIpc) is 2.54. The van der Waals surface area contributed by atoms with E-state index in [2.05, 4.69) is 23.3 Å². The molecule has 0 aliphatic carbocycles. The molecule has 0 radical (unpaired) electrons. The van der Waals surface area contributed by atoms with E-state index in [0.29, 0.717) is 16.3 Å². The van der Waals surface area contributed by atoms with Crippen LogP contribution in [0.4, 0.5) is 5.69 Å². The number of hydrogen-bond donors (Lipinski definition) is 1. The Bertz CT molecular complexity index is 746. The Kier molecular flexibility index (Phi) is 4.55. The highest BCUT2D eigenvalue weighted by Gasteiger charge is 2.16. The molecule has 0 unspecified atom stereocenters. The number of carbonyl (C=O) groups is 1. The third-order valence-electron chi connectivity index (χ3n) is 4.07. The van der Waals surface area contributed by atoms with Gasteiger partial charge in [-0.2, -0.15) is 0 Å². The van der Waals surface area contributed by atoms with Gasteiger partial charge in [-0.3, -0.25) is 4.79 Å². The molecule has 0 spiro atoms. The van der Waals surface area contributed by atoms with Gasteiger partial charge in [-0.25, -0.2) is 0 Å². The van der Waals surface area contributed by atoms with Crippen molar-refractivity contribution in [1.82, 2.24) is 4.90 Å². The van der Waals surface area contributed by atoms with Crippen molar-refractivity contribution in [1.29, 1.82) is 0 Å². The highest BCUT2D eigenvalue weighted by Crippen LogP contribution is 2.25. The first kappa shape index (κ1) is 15.8. The number of hydrogen-bond acceptors (Lipinski definition) is 3. The minimum Gasteiger partial charge on any atom is -0.496 e. The zero-order valence-corrected chi connectivity index (χ0v) is 14.0. The maximum atomic E-state index is 12.5. The highest BCUT2D eigenvalue weighted by atomic mass is 35.5. The predicted molar refractivity (Wildman–Crippen MR) is 92.4 cm³/mol. The summed E-state index contributed by atoms with van der Waals surface area (Å²) in [5, 5.41) is 3.43. The number of methoxy groups -OCH3 is 1. The van der Waals surface area contributed by atoms with Gasteiger partial charge in [-0.1, -0.05) is 17.7 Å². The SMILES string of the molecule is COc1ccc(Cl)cc1C(=O)Nc1ccc2c(c1)CN(C)CC2. The van der Waals surface area contributed by atoms with E-state index in [0.717, 1.165) is 25.2 Å². The number of nitrogens with zero attached hydrogens (tertiary/aromatic N) is 1. The summed E-state index contributed by atoms with van der Waals surface area (Å²) >= 11 is 5.99. The second kappa shape index (κ2) is 6.60. The monoisotopic (exact) mass is 330 g/mol. The number of ether oxygens (including phenoxy) is 1. The Labute approximate surface area is 141 Å². The van der Waals surface area contributed by atoms with E-state index in [9.17, 15) is 4.79 Å². The lowest BCUT2D eigenvalue weighted by atomic mass is 9.99. The lowest BCUT2D eigenvalue weighted by molar-refractivity contribution is 0.102. The Hall–Kier alpha value is -2.04. The van der Waals surface area contributed by atoms with Crippen molar-refractivity contribution in [2.24, 2.45) is 0 Å². The van der Waals surface area contributed by atoms with E-state index >= 15 is 0 Å². The molecule has 1 aliphatic rings. The molecule has 1 heterocycles. The summed E-state index contributed by atoms with van der Waals surface area (Å²) in [6, 6.07) is 11.1. The Balaban J connectivity index is 1.83. The van der Waals surface area contributed by atoms with Crippen LogP contribution >= 0.6 is 11.6 Å². The van der Waals surface area contributed by atoms with Gasteiger partial charge in [0.2, 0.25) is 0 Å². The van der Waals surface area contributed by atoms with Gasteiger partial charge in [0.25, 0.3) is 5.91 Å². The second-order valence-corrected chi connectivity index (χ2v) is 6.21. The van der Waals surface area contributed by atoms with E-state index in [1.54, 1.807) is 18.2 Å². The van der Waals surface area contributed by atoms with Crippen LogP contribution in [0.15, 0.2) is 36.4 Å². The van der Waals surface area contributed by atoms with Crippen molar-refractivity contribution in [3.63, 3.8) is 0 Å². The van der Waals surface area contributed by atoms with Crippen LogP contribution in [0.2, 0.25) is 5.02 Å². The summed E-state index contributed by atoms with van der Waals surface area (Å²) in [4.78, 5) is 14.8. The summed E-state index contributed by atoms with van der Waals surface area (Å²) in [7, 11) is 3.64. The molecule has 0 fully saturated rings. The van der Waals surface area contributed by atoms with Crippen molar-refractivity contribution in [2.75, 3.05) is 26.0 Å². The maximum absolute atomic E-state index is 12.5. The maximum Gasteiger partial charge on any atom is 0.259 e. The van der Waals surface area contributed by atoms with Crippen molar-refractivity contribution >= 4 is 23.2 Å². The normalized spacial score (nSPS) is 14.2. The first-order valence-electron chi connectivity index (χ1n) is 7.52. The Morgan fingerprint density at radius 2 is 2.04 bits per heavy atom. The number of fused-ring (bicyclic) bond motifs is 1. The Morgan fingerprint density at radius 3 is 2.83 bits per heavy atom. The van der Waals surface area contributed by atoms with Gasteiger partial charge in [0, 0.05) is 23.8 Å². The van der Waals surface area contributed by atoms with Crippen LogP contribution in [0.3, 0.4) is 0 Å². The summed E-state index contributed by atoms with van der Waals surface area (Å²) in [6.45, 7) is 1.97. The van der Waals surface area contributed by atoms with Gasteiger partial charge >= 0.3 is 0 Å². The fourth-order valence-electron chi connectivity index (χ4n) is 2.83. The van der Waals surface area contributed by atoms with Crippen LogP contribution in [-0.2, 0) is 13.0 Å². The van der Waals surface area contributed by atoms with E-state index in [1.165, 1.54) is 18.2 Å². The number of halogens is 1. The number of likely N-dealkylation sites (N-methyl/N-ethyl adjacent to an activating group) is 1. The molecule has 2 aromatic carbocycles. The molecule has 5 heteroatoms. The van der Waals surface area contributed by atoms with Gasteiger partial charge in [0.1, 0.15) is 5.75 Å². The molecule has 1 amide bonds. The smallest absolute Gasteiger partial charge is 0.259 e. The lowest BCUT2D eigenvalue weighted by Crippen LogP contribution is -2.26. The van der Waals surface area contributed by atoms with Crippen LogP contribution < -0.4 is 10.1 Å². The van der Waals surface area contributed by atoms with Gasteiger partial charge in [-0.15, -0.1) is 0 Å². The molecule has 0 aromatic heterocycles. The van der Waals surface area contributed by atoms with Crippen LogP contribution in [0.5, 0.6) is 5.75 Å². The Morgan fingerprint density at radius 1 is 1.22 bits per heavy atom. The topological polar surface area (TPSA) is 41.6 Å². The standard InChI is InChI=1S/C18H19ClN2O2/c1-21-8-7-12-3-5-15(9-13(12)11-21)20-18(22)16-10-14(19)4-6-17(16)23-2/h3-6,9-10H,7-8,11H2,1-2H3,(H,20,22). The molecule has 4 nitrogen and oxygen atoms in total. The molecule has 0 saturated carbocycles. The van der Waals surface area contributed by atoms with E-state index in [4.69, 9.17) is 16.3 Å². The molecule has 23 heavy (non-hydrogen) atoms. The zero-order valence-electron chi connectivity index (χ0n) is 13.2. The molecule has 0 atom stereocenters. The van der Waals surface area contributed by atoms with Gasteiger partial charge in [-0.05, 0) is 54.9 Å². The largest absolute Gasteiger partial charge is 0.496 e. The van der Waals surface area contributed by atoms with Gasteiger partial charge in [0.05, 0.1) is 12.7 Å². The molecule has 120 valence electrons. The molecular weight excluding hydrogens is 312 g/mol. The van der Waals surface area contributed by atoms with Crippen molar-refractivity contribution in [2.45, 2.75) is 13.0 Å². The van der Waals surface area contributed by atoms with Crippen LogP contribution in [-0.4, -0.2) is 31.5 Å². The third kappa shape index (κ3) is 3.49. The quantitative estimate of drug-likeness (QED) is 0.935. The molecule has 1 aliphatic heterocycles. The highest BCUT2D eigenvalue weighted by molar-refractivity contribution is 6.31. The summed E-state index contributed by atoms with van der Waals surface area (Å²) in [5.74, 6) is 0.276. The number of nitrogens with one attached hydrogen (secondary N) is 1. The number of anilines is 1. The summed E-state index contributed by atoms with van der Waals surface area (Å²) in [6.07, 6.45) is 1.04. The summed E-state index contributed by atoms with van der Waals surface area (Å²) < 4.78 is 5.24. The number of rotatable bonds is 3. The fourth-order valence-corrected chi connectivity index (χ4v) is 3.00. The number of carbonyl (C=O) groups excluding carboxylic acids is 1. The number of benzene rings is 2. The molecule has 1 N–H and O–H groups in total. The minimum absolute atomic E-state index is 0.228. The molecule has 0 saturated heterocycles. The molecular formula is C18H19ClN2O2. The van der Waals surface area contributed by atoms with Crippen LogP contribution in [0.25, 0.3) is 0 Å². The van der Waals surface area contributed by atoms with Crippen molar-refractivity contribution < 1.29 is 9.53 Å². The van der Waals surface area contributed by atoms with Crippen LogP contribution in [0, 0.1) is 0 Å². The molecule has 3 rings (SSSR count). The number of amides is 1. The molecule has 0 bridgehead atoms. The average molecular weight is 331 g/mol. The third-order valence-corrected chi connectivity index (χ3v) is 4.31. The van der Waals surface area contributed by atoms with Gasteiger partial charge < -0.3 is 15.0 Å². The van der Waals surface area contributed by atoms with Gasteiger partial charge in [0.15, 0.2) is 0 Å².